The summed E-state index contributed by atoms with van der Waals surface area (Å²) in [6.07, 6.45) is 0. The molecule has 0 spiro atoms. The molecular formula is C8H7ClINO2. The number of hydrogen-bond donors (Lipinski definition) is 1. The van der Waals surface area contributed by atoms with Gasteiger partial charge in [0.05, 0.1) is 12.7 Å². The van der Waals surface area contributed by atoms with Gasteiger partial charge in [-0.3, -0.25) is 4.79 Å². The number of halogens is 2. The van der Waals surface area contributed by atoms with Crippen LogP contribution >= 0.6 is 34.2 Å². The van der Waals surface area contributed by atoms with Crippen molar-refractivity contribution in [3.63, 3.8) is 0 Å². The third-order valence-corrected chi connectivity index (χ3v) is 2.55. The fourth-order valence-electron chi connectivity index (χ4n) is 0.950. The first-order chi connectivity index (χ1) is 6.06. The van der Waals surface area contributed by atoms with Crippen molar-refractivity contribution in [2.45, 2.75) is 0 Å². The molecule has 0 aliphatic heterocycles. The molecule has 0 aliphatic rings. The summed E-state index contributed by atoms with van der Waals surface area (Å²) < 4.78 is 5.67. The van der Waals surface area contributed by atoms with E-state index in [1.807, 2.05) is 22.6 Å². The first-order valence-corrected chi connectivity index (χ1v) is 4.84. The lowest BCUT2D eigenvalue weighted by molar-refractivity contribution is 0.0996. The Balaban J connectivity index is 3.38. The molecule has 0 radical (unpaired) electrons. The molecule has 1 aromatic carbocycles. The Morgan fingerprint density at radius 3 is 2.69 bits per heavy atom. The van der Waals surface area contributed by atoms with Gasteiger partial charge in [-0.2, -0.15) is 0 Å². The Morgan fingerprint density at radius 2 is 2.23 bits per heavy atom. The molecule has 5 heteroatoms. The number of benzene rings is 1. The summed E-state index contributed by atoms with van der Waals surface area (Å²) in [5.41, 5.74) is 5.54. The van der Waals surface area contributed by atoms with E-state index in [-0.39, 0.29) is 0 Å². The van der Waals surface area contributed by atoms with E-state index in [0.717, 1.165) is 0 Å². The van der Waals surface area contributed by atoms with Crippen molar-refractivity contribution in [1.29, 1.82) is 0 Å². The van der Waals surface area contributed by atoms with E-state index >= 15 is 0 Å². The smallest absolute Gasteiger partial charge is 0.253 e. The van der Waals surface area contributed by atoms with Crippen molar-refractivity contribution in [2.24, 2.45) is 5.73 Å². The lowest BCUT2D eigenvalue weighted by Crippen LogP contribution is -2.14. The second-order valence-corrected chi connectivity index (χ2v) is 3.93. The second-order valence-electron chi connectivity index (χ2n) is 2.33. The van der Waals surface area contributed by atoms with Crippen molar-refractivity contribution in [3.8, 4) is 5.75 Å². The molecule has 1 aromatic rings. The number of ether oxygens (including phenoxy) is 1. The molecule has 0 saturated heterocycles. The van der Waals surface area contributed by atoms with Gasteiger partial charge >= 0.3 is 0 Å². The summed E-state index contributed by atoms with van der Waals surface area (Å²) in [7, 11) is 1.47. The first kappa shape index (κ1) is 10.6. The molecule has 3 nitrogen and oxygen atoms in total. The maximum absolute atomic E-state index is 11.0. The highest BCUT2D eigenvalue weighted by atomic mass is 127. The van der Waals surface area contributed by atoms with Gasteiger partial charge < -0.3 is 10.5 Å². The highest BCUT2D eigenvalue weighted by Gasteiger charge is 2.13. The SMILES string of the molecule is COc1cc(Cl)cc(I)c1C(N)=O. The summed E-state index contributed by atoms with van der Waals surface area (Å²) in [5, 5.41) is 0.520. The Hall–Kier alpha value is -0.490. The summed E-state index contributed by atoms with van der Waals surface area (Å²) in [4.78, 5) is 11.0. The number of carbonyl (C=O) groups excluding carboxylic acids is 1. The second kappa shape index (κ2) is 4.15. The summed E-state index contributed by atoms with van der Waals surface area (Å²) >= 11 is 7.75. The zero-order valence-electron chi connectivity index (χ0n) is 6.80. The Labute approximate surface area is 94.3 Å². The van der Waals surface area contributed by atoms with E-state index in [0.29, 0.717) is 19.9 Å². The van der Waals surface area contributed by atoms with Crippen LogP contribution in [0.4, 0.5) is 0 Å². The topological polar surface area (TPSA) is 52.3 Å². The van der Waals surface area contributed by atoms with Crippen molar-refractivity contribution in [2.75, 3.05) is 7.11 Å². The highest BCUT2D eigenvalue weighted by molar-refractivity contribution is 14.1. The van der Waals surface area contributed by atoms with Crippen molar-refractivity contribution < 1.29 is 9.53 Å². The van der Waals surface area contributed by atoms with E-state index in [1.165, 1.54) is 7.11 Å². The Morgan fingerprint density at radius 1 is 1.62 bits per heavy atom. The van der Waals surface area contributed by atoms with Crippen LogP contribution in [0.5, 0.6) is 5.75 Å². The third kappa shape index (κ3) is 2.25. The van der Waals surface area contributed by atoms with Gasteiger partial charge in [0.15, 0.2) is 0 Å². The maximum Gasteiger partial charge on any atom is 0.253 e. The molecule has 0 bridgehead atoms. The number of nitrogens with two attached hydrogens (primary N) is 1. The van der Waals surface area contributed by atoms with Gasteiger partial charge in [-0.15, -0.1) is 0 Å². The number of carbonyl (C=O) groups is 1. The predicted octanol–water partition coefficient (Wildman–Crippen LogP) is 2.05. The fourth-order valence-corrected chi connectivity index (χ4v) is 2.21. The van der Waals surface area contributed by atoms with E-state index in [2.05, 4.69) is 0 Å². The molecule has 0 fully saturated rings. The summed E-state index contributed by atoms with van der Waals surface area (Å²) in [5.74, 6) is -0.109. The Kier molecular flexibility index (Phi) is 3.38. The Bertz CT molecular complexity index is 354. The van der Waals surface area contributed by atoms with Gasteiger partial charge in [0.25, 0.3) is 5.91 Å². The van der Waals surface area contributed by atoms with E-state index in [9.17, 15) is 4.79 Å². The lowest BCUT2D eigenvalue weighted by atomic mass is 10.2. The van der Waals surface area contributed by atoms with E-state index in [4.69, 9.17) is 22.1 Å². The number of hydrogen-bond acceptors (Lipinski definition) is 2. The predicted molar refractivity (Wildman–Crippen MR) is 59.2 cm³/mol. The molecule has 1 amide bonds. The average molecular weight is 312 g/mol. The molecule has 1 rings (SSSR count). The van der Waals surface area contributed by atoms with Crippen LogP contribution < -0.4 is 10.5 Å². The zero-order valence-corrected chi connectivity index (χ0v) is 9.72. The lowest BCUT2D eigenvalue weighted by Gasteiger charge is -2.07. The number of primary amides is 1. The van der Waals surface area contributed by atoms with Crippen LogP contribution in [0.3, 0.4) is 0 Å². The standard InChI is InChI=1S/C8H7ClINO2/c1-13-6-3-4(9)2-5(10)7(6)8(11)12/h2-3H,1H3,(H2,11,12). The summed E-state index contributed by atoms with van der Waals surface area (Å²) in [6.45, 7) is 0. The van der Waals surface area contributed by atoms with Gasteiger partial charge in [-0.1, -0.05) is 11.6 Å². The molecule has 2 N–H and O–H groups in total. The van der Waals surface area contributed by atoms with Gasteiger partial charge in [0, 0.05) is 8.59 Å². The zero-order chi connectivity index (χ0) is 10.0. The van der Waals surface area contributed by atoms with Crippen LogP contribution in [0.2, 0.25) is 5.02 Å². The first-order valence-electron chi connectivity index (χ1n) is 3.39. The van der Waals surface area contributed by atoms with Crippen molar-refractivity contribution >= 4 is 40.1 Å². The normalized spacial score (nSPS) is 9.77. The fraction of sp³-hybridized carbons (Fsp3) is 0.125. The minimum atomic E-state index is -0.516. The minimum absolute atomic E-state index is 0.368. The van der Waals surface area contributed by atoms with Crippen LogP contribution in [-0.4, -0.2) is 13.0 Å². The van der Waals surface area contributed by atoms with Crippen LogP contribution in [-0.2, 0) is 0 Å². The van der Waals surface area contributed by atoms with Crippen molar-refractivity contribution in [3.05, 3.63) is 26.3 Å². The molecule has 70 valence electrons. The van der Waals surface area contributed by atoms with Crippen LogP contribution in [0.1, 0.15) is 10.4 Å². The molecule has 0 heterocycles. The molecule has 0 atom stereocenters. The molecule has 0 aromatic heterocycles. The highest BCUT2D eigenvalue weighted by Crippen LogP contribution is 2.27. The number of methoxy groups -OCH3 is 1. The van der Waals surface area contributed by atoms with Crippen LogP contribution in [0, 0.1) is 3.57 Å². The monoisotopic (exact) mass is 311 g/mol. The van der Waals surface area contributed by atoms with Gasteiger partial charge in [0.2, 0.25) is 0 Å². The average Bonchev–Trinajstić information content (AvgIpc) is 2.01. The van der Waals surface area contributed by atoms with Crippen molar-refractivity contribution in [1.82, 2.24) is 0 Å². The van der Waals surface area contributed by atoms with Crippen LogP contribution in [0.25, 0.3) is 0 Å². The van der Waals surface area contributed by atoms with E-state index in [1.54, 1.807) is 12.1 Å². The molecular weight excluding hydrogens is 304 g/mol. The molecule has 0 aliphatic carbocycles. The number of amides is 1. The minimum Gasteiger partial charge on any atom is -0.496 e. The summed E-state index contributed by atoms with van der Waals surface area (Å²) in [6, 6.07) is 3.22. The number of rotatable bonds is 2. The molecule has 13 heavy (non-hydrogen) atoms. The van der Waals surface area contributed by atoms with Crippen LogP contribution in [0.15, 0.2) is 12.1 Å². The van der Waals surface area contributed by atoms with E-state index < -0.39 is 5.91 Å². The molecule has 0 unspecified atom stereocenters. The maximum atomic E-state index is 11.0. The largest absolute Gasteiger partial charge is 0.496 e. The third-order valence-electron chi connectivity index (χ3n) is 1.49. The quantitative estimate of drug-likeness (QED) is 0.850. The van der Waals surface area contributed by atoms with Gasteiger partial charge in [0.1, 0.15) is 5.75 Å². The van der Waals surface area contributed by atoms with Gasteiger partial charge in [-0.25, -0.2) is 0 Å². The van der Waals surface area contributed by atoms with Gasteiger partial charge in [-0.05, 0) is 34.7 Å². The molecule has 0 saturated carbocycles.